The number of hydrogen-bond acceptors (Lipinski definition) is 3. The number of nitrogen functional groups attached to an aromatic ring is 1. The number of nitrogens with two attached hydrogens (primary N) is 1. The van der Waals surface area contributed by atoms with Crippen molar-refractivity contribution in [3.63, 3.8) is 0 Å². The Bertz CT molecular complexity index is 789. The summed E-state index contributed by atoms with van der Waals surface area (Å²) in [5, 5.41) is -0.173. The van der Waals surface area contributed by atoms with Gasteiger partial charge < -0.3 is 5.73 Å². The van der Waals surface area contributed by atoms with Crippen LogP contribution in [0.4, 0.5) is 15.8 Å². The first-order valence-corrected chi connectivity index (χ1v) is 8.05. The van der Waals surface area contributed by atoms with Crippen LogP contribution < -0.4 is 10.5 Å². The van der Waals surface area contributed by atoms with E-state index in [2.05, 4.69) is 4.72 Å². The van der Waals surface area contributed by atoms with E-state index in [1.807, 2.05) is 0 Å². The number of benzene rings is 2. The van der Waals surface area contributed by atoms with Gasteiger partial charge in [-0.1, -0.05) is 34.8 Å². The standard InChI is InChI=1S/C12H8Cl3FN2O2S/c13-6-3-8(14)12(9(15)4-6)21(19,20)18-11-5-7(17)1-2-10(11)16/h1-5,18H,17H2. The Morgan fingerprint density at radius 3 is 2.19 bits per heavy atom. The molecule has 2 aromatic rings. The molecule has 3 N–H and O–H groups in total. The lowest BCUT2D eigenvalue weighted by Crippen LogP contribution is -2.15. The monoisotopic (exact) mass is 368 g/mol. The van der Waals surface area contributed by atoms with Crippen LogP contribution in [0.1, 0.15) is 0 Å². The molecule has 9 heteroatoms. The molecular weight excluding hydrogens is 362 g/mol. The highest BCUT2D eigenvalue weighted by Crippen LogP contribution is 2.34. The molecular formula is C12H8Cl3FN2O2S. The first-order valence-electron chi connectivity index (χ1n) is 5.43. The minimum Gasteiger partial charge on any atom is -0.399 e. The lowest BCUT2D eigenvalue weighted by molar-refractivity contribution is 0.598. The van der Waals surface area contributed by atoms with E-state index >= 15 is 0 Å². The fourth-order valence-electron chi connectivity index (χ4n) is 1.60. The summed E-state index contributed by atoms with van der Waals surface area (Å²) in [5.74, 6) is -0.783. The molecule has 0 heterocycles. The van der Waals surface area contributed by atoms with Gasteiger partial charge in [0.2, 0.25) is 0 Å². The molecule has 2 rings (SSSR count). The van der Waals surface area contributed by atoms with E-state index in [9.17, 15) is 12.8 Å². The smallest absolute Gasteiger partial charge is 0.264 e. The second kappa shape index (κ2) is 5.88. The van der Waals surface area contributed by atoms with Crippen LogP contribution >= 0.6 is 34.8 Å². The van der Waals surface area contributed by atoms with Gasteiger partial charge in [-0.25, -0.2) is 12.8 Å². The van der Waals surface area contributed by atoms with Crippen molar-refractivity contribution in [2.24, 2.45) is 0 Å². The molecule has 0 radical (unpaired) electrons. The summed E-state index contributed by atoms with van der Waals surface area (Å²) < 4.78 is 40.2. The maximum absolute atomic E-state index is 13.6. The molecule has 0 amide bonds. The minimum absolute atomic E-state index is 0.177. The highest BCUT2D eigenvalue weighted by molar-refractivity contribution is 7.93. The normalized spacial score (nSPS) is 11.4. The van der Waals surface area contributed by atoms with Crippen molar-refractivity contribution in [1.82, 2.24) is 0 Å². The van der Waals surface area contributed by atoms with Crippen LogP contribution in [0.15, 0.2) is 35.2 Å². The molecule has 0 unspecified atom stereocenters. The molecule has 2 aromatic carbocycles. The fraction of sp³-hybridized carbons (Fsp3) is 0. The first kappa shape index (κ1) is 16.2. The summed E-state index contributed by atoms with van der Waals surface area (Å²) in [6, 6.07) is 5.93. The maximum atomic E-state index is 13.6. The molecule has 0 saturated carbocycles. The molecule has 0 spiro atoms. The van der Waals surface area contributed by atoms with E-state index in [-0.39, 0.29) is 26.4 Å². The van der Waals surface area contributed by atoms with Crippen LogP contribution in [0.5, 0.6) is 0 Å². The van der Waals surface area contributed by atoms with Gasteiger partial charge in [0, 0.05) is 10.7 Å². The van der Waals surface area contributed by atoms with Gasteiger partial charge >= 0.3 is 0 Å². The van der Waals surface area contributed by atoms with Gasteiger partial charge in [0.05, 0.1) is 15.7 Å². The van der Waals surface area contributed by atoms with Gasteiger partial charge in [-0.15, -0.1) is 0 Å². The molecule has 4 nitrogen and oxygen atoms in total. The predicted octanol–water partition coefficient (Wildman–Crippen LogP) is 4.17. The summed E-state index contributed by atoms with van der Waals surface area (Å²) in [6.07, 6.45) is 0. The van der Waals surface area contributed by atoms with Gasteiger partial charge in [-0.3, -0.25) is 4.72 Å². The predicted molar refractivity (Wildman–Crippen MR) is 83.1 cm³/mol. The van der Waals surface area contributed by atoms with E-state index in [4.69, 9.17) is 40.5 Å². The summed E-state index contributed by atoms with van der Waals surface area (Å²) in [7, 11) is -4.20. The Morgan fingerprint density at radius 2 is 1.62 bits per heavy atom. The van der Waals surface area contributed by atoms with Crippen LogP contribution in [-0.2, 0) is 10.0 Å². The quantitative estimate of drug-likeness (QED) is 0.798. The lowest BCUT2D eigenvalue weighted by atomic mass is 10.3. The van der Waals surface area contributed by atoms with Crippen molar-refractivity contribution in [2.45, 2.75) is 4.90 Å². The average molecular weight is 370 g/mol. The second-order valence-electron chi connectivity index (χ2n) is 4.04. The van der Waals surface area contributed by atoms with Crippen molar-refractivity contribution in [2.75, 3.05) is 10.5 Å². The lowest BCUT2D eigenvalue weighted by Gasteiger charge is -2.12. The third-order valence-corrected chi connectivity index (χ3v) is 4.97. The van der Waals surface area contributed by atoms with E-state index < -0.39 is 20.7 Å². The summed E-state index contributed by atoms with van der Waals surface area (Å²) >= 11 is 17.4. The van der Waals surface area contributed by atoms with Crippen molar-refractivity contribution < 1.29 is 12.8 Å². The number of halogens is 4. The zero-order valence-corrected chi connectivity index (χ0v) is 13.3. The molecule has 21 heavy (non-hydrogen) atoms. The zero-order valence-electron chi connectivity index (χ0n) is 10.2. The van der Waals surface area contributed by atoms with Crippen molar-refractivity contribution in [3.05, 3.63) is 51.2 Å². The average Bonchev–Trinajstić information content (AvgIpc) is 2.31. The molecule has 0 atom stereocenters. The molecule has 0 aliphatic carbocycles. The van der Waals surface area contributed by atoms with Crippen LogP contribution in [-0.4, -0.2) is 8.42 Å². The number of anilines is 2. The van der Waals surface area contributed by atoms with Gasteiger partial charge in [-0.05, 0) is 30.3 Å². The Balaban J connectivity index is 2.51. The number of nitrogens with one attached hydrogen (secondary N) is 1. The topological polar surface area (TPSA) is 72.2 Å². The van der Waals surface area contributed by atoms with Gasteiger partial charge in [0.15, 0.2) is 0 Å². The van der Waals surface area contributed by atoms with E-state index in [1.54, 1.807) is 0 Å². The second-order valence-corrected chi connectivity index (χ2v) is 6.91. The van der Waals surface area contributed by atoms with E-state index in [0.717, 1.165) is 12.1 Å². The summed E-state index contributed by atoms with van der Waals surface area (Å²) in [5.41, 5.74) is 5.38. The molecule has 0 aliphatic rings. The Hall–Kier alpha value is -1.21. The Morgan fingerprint density at radius 1 is 1.05 bits per heavy atom. The van der Waals surface area contributed by atoms with Gasteiger partial charge in [-0.2, -0.15) is 0 Å². The first-order chi connectivity index (χ1) is 9.70. The molecule has 0 saturated heterocycles. The molecule has 0 fully saturated rings. The van der Waals surface area contributed by atoms with Crippen LogP contribution in [0, 0.1) is 5.82 Å². The summed E-state index contributed by atoms with van der Waals surface area (Å²) in [4.78, 5) is -0.392. The van der Waals surface area contributed by atoms with Crippen LogP contribution in [0.3, 0.4) is 0 Å². The fourth-order valence-corrected chi connectivity index (χ4v) is 4.21. The summed E-state index contributed by atoms with van der Waals surface area (Å²) in [6.45, 7) is 0. The number of sulfonamides is 1. The molecule has 0 aliphatic heterocycles. The molecule has 0 bridgehead atoms. The molecule has 112 valence electrons. The maximum Gasteiger partial charge on any atom is 0.264 e. The number of rotatable bonds is 3. The van der Waals surface area contributed by atoms with Gasteiger partial charge in [0.25, 0.3) is 10.0 Å². The van der Waals surface area contributed by atoms with Crippen molar-refractivity contribution >= 4 is 56.2 Å². The minimum atomic E-state index is -4.20. The van der Waals surface area contributed by atoms with Gasteiger partial charge in [0.1, 0.15) is 10.7 Å². The Labute approximate surface area is 135 Å². The van der Waals surface area contributed by atoms with Crippen molar-refractivity contribution in [3.8, 4) is 0 Å². The highest BCUT2D eigenvalue weighted by atomic mass is 35.5. The number of hydrogen-bond donors (Lipinski definition) is 2. The SMILES string of the molecule is Nc1ccc(F)c(NS(=O)(=O)c2c(Cl)cc(Cl)cc2Cl)c1. The highest BCUT2D eigenvalue weighted by Gasteiger charge is 2.23. The zero-order chi connectivity index (χ0) is 15.8. The largest absolute Gasteiger partial charge is 0.399 e. The van der Waals surface area contributed by atoms with E-state index in [0.29, 0.717) is 0 Å². The molecule has 0 aromatic heterocycles. The van der Waals surface area contributed by atoms with E-state index in [1.165, 1.54) is 18.2 Å². The van der Waals surface area contributed by atoms with Crippen LogP contribution in [0.2, 0.25) is 15.1 Å². The van der Waals surface area contributed by atoms with Crippen LogP contribution in [0.25, 0.3) is 0 Å². The van der Waals surface area contributed by atoms with Crippen molar-refractivity contribution in [1.29, 1.82) is 0 Å². The third kappa shape index (κ3) is 3.52. The Kier molecular flexibility index (Phi) is 4.53. The third-order valence-electron chi connectivity index (χ3n) is 2.47.